The first kappa shape index (κ1) is 31.9. The molecule has 0 bridgehead atoms. The van der Waals surface area contributed by atoms with Crippen molar-refractivity contribution in [2.45, 2.75) is 38.5 Å². The van der Waals surface area contributed by atoms with E-state index in [0.29, 0.717) is 98.8 Å². The van der Waals surface area contributed by atoms with Crippen molar-refractivity contribution < 1.29 is 33.2 Å². The van der Waals surface area contributed by atoms with Crippen LogP contribution in [-0.2, 0) is 33.2 Å². The van der Waals surface area contributed by atoms with E-state index in [1.165, 1.54) is 0 Å². The van der Waals surface area contributed by atoms with E-state index >= 15 is 0 Å². The summed E-state index contributed by atoms with van der Waals surface area (Å²) in [6, 6.07) is 0. The van der Waals surface area contributed by atoms with Crippen LogP contribution in [0.5, 0.6) is 0 Å². The smallest absolute Gasteiger partial charge is 0.138 e. The van der Waals surface area contributed by atoms with E-state index in [1.807, 2.05) is 0 Å². The second-order valence-electron chi connectivity index (χ2n) is 7.45. The molecule has 194 valence electrons. The van der Waals surface area contributed by atoms with E-state index in [1.54, 1.807) is 0 Å². The molecule has 9 nitrogen and oxygen atoms in total. The highest BCUT2D eigenvalue weighted by Gasteiger charge is 2.17. The van der Waals surface area contributed by atoms with Crippen molar-refractivity contribution in [1.82, 2.24) is 0 Å². The number of unbranched alkanes of at least 4 members (excludes halogenated alkanes) is 1. The summed E-state index contributed by atoms with van der Waals surface area (Å²) in [6.45, 7) is 7.03. The highest BCUT2D eigenvalue weighted by molar-refractivity contribution is 5.81. The maximum Gasteiger partial charge on any atom is 0.138 e. The number of nitrogens with two attached hydrogens (primary N) is 2. The Hall–Kier alpha value is -1.09. The standard InChI is InChI=1S/C24H46N2O7/c1-2-11-28-15-19-32-21-22-33-20-17-30-13-8-24(27)23(6-3-4-9-25)7-5-12-29-16-18-31-14-10-26/h1,23H,3-22,25-26H2. The number of carbonyl (C=O) groups excluding carboxylic acids is 1. The van der Waals surface area contributed by atoms with Gasteiger partial charge in [-0.05, 0) is 32.2 Å². The van der Waals surface area contributed by atoms with Gasteiger partial charge in [0.25, 0.3) is 0 Å². The van der Waals surface area contributed by atoms with Gasteiger partial charge in [-0.1, -0.05) is 12.3 Å². The molecule has 33 heavy (non-hydrogen) atoms. The number of ketones is 1. The largest absolute Gasteiger partial charge is 0.379 e. The third-order valence-electron chi connectivity index (χ3n) is 4.73. The first-order valence-electron chi connectivity index (χ1n) is 12.1. The van der Waals surface area contributed by atoms with Crippen LogP contribution in [0.1, 0.15) is 38.5 Å². The summed E-state index contributed by atoms with van der Waals surface area (Å²) in [5.74, 6) is 2.68. The molecular formula is C24H46N2O7. The minimum Gasteiger partial charge on any atom is -0.379 e. The number of terminal acetylenes is 1. The Kier molecular flexibility index (Phi) is 26.3. The van der Waals surface area contributed by atoms with E-state index in [9.17, 15) is 4.79 Å². The Morgan fingerprint density at radius 1 is 0.636 bits per heavy atom. The second-order valence-corrected chi connectivity index (χ2v) is 7.45. The number of hydrogen-bond donors (Lipinski definition) is 2. The van der Waals surface area contributed by atoms with Gasteiger partial charge in [0.1, 0.15) is 12.4 Å². The zero-order valence-electron chi connectivity index (χ0n) is 20.3. The van der Waals surface area contributed by atoms with Gasteiger partial charge in [-0.15, -0.1) is 6.42 Å². The quantitative estimate of drug-likeness (QED) is 0.133. The van der Waals surface area contributed by atoms with Crippen molar-refractivity contribution in [2.24, 2.45) is 17.4 Å². The van der Waals surface area contributed by atoms with Gasteiger partial charge >= 0.3 is 0 Å². The van der Waals surface area contributed by atoms with Crippen LogP contribution in [-0.4, -0.2) is 98.2 Å². The molecule has 0 aliphatic carbocycles. The molecule has 0 radical (unpaired) electrons. The van der Waals surface area contributed by atoms with Crippen molar-refractivity contribution in [3.63, 3.8) is 0 Å². The maximum atomic E-state index is 12.6. The molecule has 0 aromatic carbocycles. The minimum absolute atomic E-state index is 0.0373. The molecule has 0 aliphatic rings. The fraction of sp³-hybridized carbons (Fsp3) is 0.875. The van der Waals surface area contributed by atoms with Crippen molar-refractivity contribution in [3.8, 4) is 12.3 Å². The molecule has 0 rings (SSSR count). The molecule has 1 unspecified atom stereocenters. The van der Waals surface area contributed by atoms with Crippen molar-refractivity contribution in [3.05, 3.63) is 0 Å². The number of ether oxygens (including phenoxy) is 6. The van der Waals surface area contributed by atoms with Crippen LogP contribution in [0.2, 0.25) is 0 Å². The van der Waals surface area contributed by atoms with Crippen molar-refractivity contribution in [2.75, 3.05) is 92.4 Å². The Morgan fingerprint density at radius 2 is 1.15 bits per heavy atom. The SMILES string of the molecule is C#CCOCCOCCOCCOCCC(=O)C(CCCCN)CCCOCCOCCN. The normalized spacial score (nSPS) is 12.0. The van der Waals surface area contributed by atoms with Gasteiger partial charge in [-0.2, -0.15) is 0 Å². The Bertz CT molecular complexity index is 461. The average Bonchev–Trinajstić information content (AvgIpc) is 2.82. The Balaban J connectivity index is 3.75. The zero-order valence-corrected chi connectivity index (χ0v) is 20.3. The van der Waals surface area contributed by atoms with Gasteiger partial charge in [-0.3, -0.25) is 4.79 Å². The topological polar surface area (TPSA) is 124 Å². The lowest BCUT2D eigenvalue weighted by molar-refractivity contribution is -0.124. The molecular weight excluding hydrogens is 428 g/mol. The van der Waals surface area contributed by atoms with Crippen LogP contribution >= 0.6 is 0 Å². The fourth-order valence-electron chi connectivity index (χ4n) is 3.01. The summed E-state index contributed by atoms with van der Waals surface area (Å²) in [6.07, 6.45) is 9.94. The lowest BCUT2D eigenvalue weighted by Gasteiger charge is -2.16. The number of Topliss-reactive ketones (excluding diaryl/α,β-unsaturated/α-hetero) is 1. The van der Waals surface area contributed by atoms with Gasteiger partial charge in [0.05, 0.1) is 66.1 Å². The predicted molar refractivity (Wildman–Crippen MR) is 128 cm³/mol. The molecule has 4 N–H and O–H groups in total. The molecule has 1 atom stereocenters. The zero-order chi connectivity index (χ0) is 24.2. The summed E-state index contributed by atoms with van der Waals surface area (Å²) in [5.41, 5.74) is 11.0. The molecule has 0 heterocycles. The predicted octanol–water partition coefficient (Wildman–Crippen LogP) is 1.16. The highest BCUT2D eigenvalue weighted by atomic mass is 16.6. The van der Waals surface area contributed by atoms with Crippen LogP contribution in [0, 0.1) is 18.3 Å². The lowest BCUT2D eigenvalue weighted by atomic mass is 9.91. The first-order valence-corrected chi connectivity index (χ1v) is 12.1. The minimum atomic E-state index is 0.0373. The summed E-state index contributed by atoms with van der Waals surface area (Å²) >= 11 is 0. The summed E-state index contributed by atoms with van der Waals surface area (Å²) in [4.78, 5) is 12.6. The van der Waals surface area contributed by atoms with Crippen LogP contribution in [0.25, 0.3) is 0 Å². The molecule has 0 aromatic heterocycles. The van der Waals surface area contributed by atoms with Crippen molar-refractivity contribution >= 4 is 5.78 Å². The van der Waals surface area contributed by atoms with Crippen molar-refractivity contribution in [1.29, 1.82) is 0 Å². The van der Waals surface area contributed by atoms with Gasteiger partial charge < -0.3 is 39.9 Å². The molecule has 0 fully saturated rings. The second kappa shape index (κ2) is 27.2. The first-order chi connectivity index (χ1) is 16.3. The van der Waals surface area contributed by atoms with Gasteiger partial charge in [0.2, 0.25) is 0 Å². The Labute approximate surface area is 200 Å². The van der Waals surface area contributed by atoms with Crippen LogP contribution in [0.4, 0.5) is 0 Å². The molecule has 0 spiro atoms. The number of rotatable bonds is 27. The third kappa shape index (κ3) is 23.9. The number of carbonyl (C=O) groups is 1. The van der Waals surface area contributed by atoms with Gasteiger partial charge in [0, 0.05) is 25.5 Å². The molecule has 0 aromatic rings. The average molecular weight is 475 g/mol. The summed E-state index contributed by atoms with van der Waals surface area (Å²) < 4.78 is 32.3. The monoisotopic (exact) mass is 474 g/mol. The van der Waals surface area contributed by atoms with E-state index in [4.69, 9.17) is 46.3 Å². The van der Waals surface area contributed by atoms with Gasteiger partial charge in [0.15, 0.2) is 0 Å². The van der Waals surface area contributed by atoms with E-state index < -0.39 is 0 Å². The fourth-order valence-corrected chi connectivity index (χ4v) is 3.01. The molecule has 0 saturated heterocycles. The van der Waals surface area contributed by atoms with E-state index in [-0.39, 0.29) is 11.7 Å². The third-order valence-corrected chi connectivity index (χ3v) is 4.73. The maximum absolute atomic E-state index is 12.6. The van der Waals surface area contributed by atoms with Crippen LogP contribution in [0.3, 0.4) is 0 Å². The van der Waals surface area contributed by atoms with Crippen LogP contribution in [0.15, 0.2) is 0 Å². The highest BCUT2D eigenvalue weighted by Crippen LogP contribution is 2.18. The number of hydrogen-bond acceptors (Lipinski definition) is 9. The molecule has 0 aliphatic heterocycles. The summed E-state index contributed by atoms with van der Waals surface area (Å²) in [7, 11) is 0. The van der Waals surface area contributed by atoms with Gasteiger partial charge in [-0.25, -0.2) is 0 Å². The lowest BCUT2D eigenvalue weighted by Crippen LogP contribution is -2.19. The van der Waals surface area contributed by atoms with E-state index in [0.717, 1.165) is 32.1 Å². The van der Waals surface area contributed by atoms with Crippen LogP contribution < -0.4 is 11.5 Å². The molecule has 0 amide bonds. The van der Waals surface area contributed by atoms with E-state index in [2.05, 4.69) is 5.92 Å². The Morgan fingerprint density at radius 3 is 1.73 bits per heavy atom. The molecule has 0 saturated carbocycles. The molecule has 9 heteroatoms. The summed E-state index contributed by atoms with van der Waals surface area (Å²) in [5, 5.41) is 0.